The summed E-state index contributed by atoms with van der Waals surface area (Å²) in [5.41, 5.74) is 0. The number of piperidine rings is 2. The average Bonchev–Trinajstić information content (AvgIpc) is 2.05. The van der Waals surface area contributed by atoms with Crippen molar-refractivity contribution in [2.75, 3.05) is 26.7 Å². The van der Waals surface area contributed by atoms with Crippen molar-refractivity contribution in [2.45, 2.75) is 25.8 Å². The summed E-state index contributed by atoms with van der Waals surface area (Å²) < 4.78 is 0. The zero-order valence-electron chi connectivity index (χ0n) is 8.40. The molecule has 0 amide bonds. The fraction of sp³-hybridized carbons (Fsp3) is 0.900. The van der Waals surface area contributed by atoms with Gasteiger partial charge in [0.2, 0.25) is 0 Å². The van der Waals surface area contributed by atoms with E-state index in [1.54, 1.807) is 5.92 Å². The number of likely N-dealkylation sites (tertiary alicyclic amines) is 1. The Hall–Kier alpha value is -1.08. The molecule has 85 valence electrons. The average molecular weight is 429 g/mol. The van der Waals surface area contributed by atoms with Gasteiger partial charge in [0.05, 0.1) is 0 Å². The molecule has 1 N–H and O–H groups in total. The summed E-state index contributed by atoms with van der Waals surface area (Å²) in [7, 11) is 2.23. The van der Waals surface area contributed by atoms with Crippen molar-refractivity contribution < 1.29 is 0 Å². The summed E-state index contributed by atoms with van der Waals surface area (Å²) in [6.07, 6.45) is 2.75. The van der Waals surface area contributed by atoms with E-state index in [0.717, 1.165) is 18.5 Å². The second-order valence-corrected chi connectivity index (χ2v) is 4.46. The molecule has 2 saturated heterocycles. The van der Waals surface area contributed by atoms with Crippen LogP contribution in [0.15, 0.2) is 0 Å². The molecule has 0 bridgehead atoms. The van der Waals surface area contributed by atoms with E-state index in [9.17, 15) is 0 Å². The first-order chi connectivity index (χ1) is 5.75. The van der Waals surface area contributed by atoms with Crippen LogP contribution in [-0.4, -0.2) is 37.6 Å². The van der Waals surface area contributed by atoms with Gasteiger partial charge in [0.25, 0.3) is 0 Å². The number of hydrogen-bond donors (Lipinski definition) is 1. The predicted octanol–water partition coefficient (Wildman–Crippen LogP) is 0.894. The van der Waals surface area contributed by atoms with E-state index in [-0.39, 0.29) is 0 Å². The smallest absolute Gasteiger partial charge is 0.0174 e. The van der Waals surface area contributed by atoms with Crippen molar-refractivity contribution >= 4 is 0 Å². The van der Waals surface area contributed by atoms with Crippen molar-refractivity contribution in [1.82, 2.24) is 10.2 Å². The first kappa shape index (κ1) is 10.0. The van der Waals surface area contributed by atoms with Gasteiger partial charge in [-0.1, -0.05) is 5.92 Å². The molecule has 2 aliphatic heterocycles. The van der Waals surface area contributed by atoms with Gasteiger partial charge in [-0.3, -0.25) is 0 Å². The summed E-state index contributed by atoms with van der Waals surface area (Å²) in [5.74, 6) is 2.57. The molecule has 3 heteroatoms. The van der Waals surface area contributed by atoms with E-state index in [2.05, 4.69) is 24.2 Å². The van der Waals surface area contributed by atoms with Crippen LogP contribution in [0.1, 0.15) is 19.8 Å². The summed E-state index contributed by atoms with van der Waals surface area (Å²) in [6, 6.07) is 0.771. The zero-order chi connectivity index (χ0) is 8.55. The van der Waals surface area contributed by atoms with Crippen LogP contribution in [0.2, 0.25) is 0 Å². The monoisotopic (exact) mass is 429 g/mol. The van der Waals surface area contributed by atoms with Gasteiger partial charge in [-0.05, 0) is 20.0 Å². The molecule has 2 heterocycles. The molecule has 2 unspecified atom stereocenters. The third-order valence-corrected chi connectivity index (χ3v) is 3.24. The fourth-order valence-electron chi connectivity index (χ4n) is 2.46. The first-order valence-corrected chi connectivity index (χ1v) is 4.99. The maximum Gasteiger partial charge on any atom is 0.0174 e. The summed E-state index contributed by atoms with van der Waals surface area (Å²) in [4.78, 5) is 2.44. The molecule has 0 saturated carbocycles. The molecule has 2 atom stereocenters. The van der Waals surface area contributed by atoms with E-state index in [4.69, 9.17) is 0 Å². The molecule has 2 fully saturated rings. The van der Waals surface area contributed by atoms with E-state index in [1.165, 1.54) is 25.9 Å². The second kappa shape index (κ2) is 3.75. The van der Waals surface area contributed by atoms with Gasteiger partial charge < -0.3 is 16.1 Å². The summed E-state index contributed by atoms with van der Waals surface area (Å²) in [6.45, 7) is 5.96. The molecular weight excluding hydrogens is 410 g/mol. The molecule has 0 spiro atoms. The van der Waals surface area contributed by atoms with Gasteiger partial charge in [0.1, 0.15) is 0 Å². The van der Waals surface area contributed by atoms with E-state index in [0.29, 0.717) is 0 Å². The van der Waals surface area contributed by atoms with Crippen LogP contribution in [0.4, 0.5) is 0 Å². The SMILES string of the molecule is C[C-]1CNC2CN(C)CCC2C1.[Lr]. The number of nitrogens with one attached hydrogen (secondary N) is 1. The molecule has 13 heavy (non-hydrogen) atoms. The minimum atomic E-state index is 0. The predicted molar refractivity (Wildman–Crippen MR) is 50.9 cm³/mol. The number of rotatable bonds is 0. The van der Waals surface area contributed by atoms with Crippen molar-refractivity contribution in [3.8, 4) is 0 Å². The van der Waals surface area contributed by atoms with Gasteiger partial charge in [0.15, 0.2) is 0 Å². The molecule has 0 aromatic rings. The quantitative estimate of drug-likeness (QED) is 0.576. The summed E-state index contributed by atoms with van der Waals surface area (Å²) in [5, 5.41) is 3.62. The molecule has 0 aromatic heterocycles. The van der Waals surface area contributed by atoms with Crippen LogP contribution in [-0.2, 0) is 0 Å². The molecule has 2 rings (SSSR count). The molecule has 1 radical (unpaired) electrons. The van der Waals surface area contributed by atoms with Crippen molar-refractivity contribution in [3.63, 3.8) is 0 Å². The Morgan fingerprint density at radius 3 is 3.00 bits per heavy atom. The minimum Gasteiger partial charge on any atom is -0.342 e. The first-order valence-electron chi connectivity index (χ1n) is 4.99. The molecule has 0 aromatic carbocycles. The molecule has 2 nitrogen and oxygen atoms in total. The molecular formula is C10H19LrN2-. The van der Waals surface area contributed by atoms with Crippen LogP contribution in [0.3, 0.4) is 0 Å². The van der Waals surface area contributed by atoms with Crippen LogP contribution < -0.4 is 5.32 Å². The fourth-order valence-corrected chi connectivity index (χ4v) is 2.46. The Balaban J connectivity index is 0.000000845. The van der Waals surface area contributed by atoms with E-state index < -0.39 is 0 Å². The Morgan fingerprint density at radius 1 is 1.46 bits per heavy atom. The zero-order valence-corrected chi connectivity index (χ0v) is 10.5. The Labute approximate surface area is 75.3 Å². The van der Waals surface area contributed by atoms with E-state index >= 15 is 0 Å². The number of hydrogen-bond acceptors (Lipinski definition) is 2. The standard InChI is InChI=1S/C10H19N2.Lr/c1-8-5-9-3-4-12(2)7-10(9)11-6-8;/h9-11H,3-7H2,1-2H3;/q-1;. The maximum absolute atomic E-state index is 3.62. The van der Waals surface area contributed by atoms with E-state index in [1.807, 2.05) is 0 Å². The Morgan fingerprint density at radius 2 is 2.23 bits per heavy atom. The normalized spacial score (nSPS) is 36.5. The second-order valence-electron chi connectivity index (χ2n) is 4.46. The van der Waals surface area contributed by atoms with Crippen molar-refractivity contribution in [2.24, 2.45) is 5.92 Å². The minimum absolute atomic E-state index is 0. The van der Waals surface area contributed by atoms with Crippen LogP contribution in [0.25, 0.3) is 0 Å². The Bertz CT molecular complexity index is 145. The molecule has 2 aliphatic rings. The third-order valence-electron chi connectivity index (χ3n) is 3.24. The van der Waals surface area contributed by atoms with Gasteiger partial charge in [-0.2, -0.15) is 13.3 Å². The van der Waals surface area contributed by atoms with Crippen LogP contribution >= 0.6 is 0 Å². The van der Waals surface area contributed by atoms with Gasteiger partial charge >= 0.3 is 0 Å². The topological polar surface area (TPSA) is 15.3 Å². The number of likely N-dealkylation sites (N-methyl/N-ethyl adjacent to an activating group) is 1. The van der Waals surface area contributed by atoms with Crippen LogP contribution in [0.5, 0.6) is 0 Å². The maximum atomic E-state index is 3.62. The van der Waals surface area contributed by atoms with Gasteiger partial charge in [-0.15, -0.1) is 6.54 Å². The summed E-state index contributed by atoms with van der Waals surface area (Å²) >= 11 is 0. The van der Waals surface area contributed by atoms with Crippen molar-refractivity contribution in [1.29, 1.82) is 0 Å². The number of nitrogens with zero attached hydrogens (tertiary/aromatic N) is 1. The Kier molecular flexibility index (Phi) is 2.89. The van der Waals surface area contributed by atoms with Crippen LogP contribution in [0, 0.1) is 11.8 Å². The van der Waals surface area contributed by atoms with Gasteiger partial charge in [0, 0.05) is 12.6 Å². The van der Waals surface area contributed by atoms with Gasteiger partial charge in [-0.25, -0.2) is 0 Å². The third kappa shape index (κ3) is 1.99. The molecule has 0 aliphatic carbocycles. The van der Waals surface area contributed by atoms with Crippen molar-refractivity contribution in [3.05, 3.63) is 5.92 Å². The number of fused-ring (bicyclic) bond motifs is 1. The largest absolute Gasteiger partial charge is 0.342 e.